The van der Waals surface area contributed by atoms with Crippen LogP contribution in [-0.4, -0.2) is 103 Å². The van der Waals surface area contributed by atoms with Gasteiger partial charge in [0.05, 0.1) is 0 Å². The molecule has 3 rings (SSSR count). The smallest absolute Gasteiger partial charge is 0.356 e. The van der Waals surface area contributed by atoms with Crippen LogP contribution in [0.2, 0.25) is 6.82 Å². The van der Waals surface area contributed by atoms with Gasteiger partial charge in [0, 0.05) is 50.2 Å². The highest BCUT2D eigenvalue weighted by Crippen LogP contribution is 2.31. The Hall–Kier alpha value is -4.87. The van der Waals surface area contributed by atoms with E-state index in [-0.39, 0.29) is 38.6 Å². The van der Waals surface area contributed by atoms with Crippen LogP contribution in [0.15, 0.2) is 65.8 Å². The number of likely N-dealkylation sites (N-methyl/N-ethyl adjacent to an activating group) is 1. The van der Waals surface area contributed by atoms with Gasteiger partial charge in [0.25, 0.3) is 21.9 Å². The minimum atomic E-state index is -4.62. The maximum atomic E-state index is 15.2. The van der Waals surface area contributed by atoms with Crippen molar-refractivity contribution in [2.24, 2.45) is 0 Å². The van der Waals surface area contributed by atoms with Gasteiger partial charge in [-0.3, -0.25) is 23.7 Å². The minimum absolute atomic E-state index is 0.0293. The molecule has 1 atom stereocenters. The van der Waals surface area contributed by atoms with E-state index in [1.165, 1.54) is 6.82 Å². The second kappa shape index (κ2) is 23.7. The number of carbonyl (C=O) groups is 5. The SMILES string of the molecule is C=C(/C=C(C)\C(C)=C\c1c(CCCC)cc(-c2ccccc2)n1B(C)F)CCC(=O)NC(CS(=O)(=O)O)C(=O)NCCN(C)CCCCCC(=O)ON1C(=O)CCC1=O. The third-order valence-corrected chi connectivity index (χ3v) is 10.6. The topological polar surface area (TPSA) is 184 Å². The van der Waals surface area contributed by atoms with E-state index < -0.39 is 58.6 Å². The second-order valence-electron chi connectivity index (χ2n) is 15.0. The molecule has 1 aromatic heterocycles. The van der Waals surface area contributed by atoms with Gasteiger partial charge < -0.3 is 29.2 Å². The zero-order valence-corrected chi connectivity index (χ0v) is 35.7. The molecule has 322 valence electrons. The second-order valence-corrected chi connectivity index (χ2v) is 16.5. The maximum absolute atomic E-state index is 15.2. The van der Waals surface area contributed by atoms with Crippen molar-refractivity contribution in [3.63, 3.8) is 0 Å². The van der Waals surface area contributed by atoms with Crippen molar-refractivity contribution >= 4 is 52.9 Å². The van der Waals surface area contributed by atoms with Crippen molar-refractivity contribution in [3.05, 3.63) is 77.0 Å². The summed E-state index contributed by atoms with van der Waals surface area (Å²) in [5.41, 5.74) is 5.94. The number of amides is 4. The Balaban J connectivity index is 1.50. The Labute approximate surface area is 348 Å². The van der Waals surface area contributed by atoms with Gasteiger partial charge in [0.15, 0.2) is 0 Å². The molecule has 2 heterocycles. The van der Waals surface area contributed by atoms with E-state index in [0.29, 0.717) is 43.0 Å². The van der Waals surface area contributed by atoms with E-state index in [2.05, 4.69) is 30.2 Å². The number of halogens is 1. The summed E-state index contributed by atoms with van der Waals surface area (Å²) < 4.78 is 49.9. The Bertz CT molecular complexity index is 1970. The molecule has 3 N–H and O–H groups in total. The highest BCUT2D eigenvalue weighted by Gasteiger charge is 2.32. The summed E-state index contributed by atoms with van der Waals surface area (Å²) in [7, 11) is -4.07. The predicted molar refractivity (Wildman–Crippen MR) is 227 cm³/mol. The van der Waals surface area contributed by atoms with Gasteiger partial charge in [0.2, 0.25) is 11.8 Å². The van der Waals surface area contributed by atoms with Gasteiger partial charge in [-0.1, -0.05) is 68.3 Å². The van der Waals surface area contributed by atoms with Crippen LogP contribution in [0.5, 0.6) is 0 Å². The van der Waals surface area contributed by atoms with Crippen LogP contribution in [0.4, 0.5) is 4.32 Å². The number of nitrogens with zero attached hydrogens (tertiary/aromatic N) is 3. The standard InChI is InChI=1S/C42H59BFN5O9S/c1-7-8-15-34-28-37(33-16-11-9-12-17-33)48(43(5)44)36(34)27-32(4)31(3)26-30(2)19-20-38(50)46-35(29-59(55,56)57)42(54)45-23-25-47(6)24-14-10-13-18-41(53)58-49-39(51)21-22-40(49)52/h9,11-12,16-17,26-28,35H,2,7-8,10,13-15,18-25,29H2,1,3-6H3,(H,45,54)(H,46,50)(H,55,56,57)/b31-26-,32-27+. The first-order valence-corrected chi connectivity index (χ1v) is 21.8. The van der Waals surface area contributed by atoms with E-state index in [1.54, 1.807) is 4.48 Å². The number of rotatable bonds is 25. The van der Waals surface area contributed by atoms with Crippen molar-refractivity contribution < 1.29 is 46.1 Å². The number of unbranched alkanes of at least 4 members (excludes halogenated alkanes) is 3. The summed E-state index contributed by atoms with van der Waals surface area (Å²) in [6, 6.07) is 10.3. The maximum Gasteiger partial charge on any atom is 0.462 e. The van der Waals surface area contributed by atoms with Crippen LogP contribution < -0.4 is 10.6 Å². The quantitative estimate of drug-likeness (QED) is 0.0368. The summed E-state index contributed by atoms with van der Waals surface area (Å²) in [4.78, 5) is 67.7. The van der Waals surface area contributed by atoms with Gasteiger partial charge in [-0.05, 0) is 101 Å². The lowest BCUT2D eigenvalue weighted by Gasteiger charge is -2.20. The molecule has 17 heteroatoms. The number of hydrogen-bond acceptors (Lipinski definition) is 9. The third kappa shape index (κ3) is 16.4. The summed E-state index contributed by atoms with van der Waals surface area (Å²) >= 11 is 0. The fourth-order valence-electron chi connectivity index (χ4n) is 6.52. The number of imide groups is 1. The molecule has 1 unspecified atom stereocenters. The van der Waals surface area contributed by atoms with Crippen molar-refractivity contribution in [2.75, 3.05) is 32.4 Å². The molecular formula is C42H59BFN5O9S. The Morgan fingerprint density at radius 1 is 1.02 bits per heavy atom. The summed E-state index contributed by atoms with van der Waals surface area (Å²) in [5.74, 6) is -4.08. The summed E-state index contributed by atoms with van der Waals surface area (Å²) in [6.45, 7) is 12.7. The highest BCUT2D eigenvalue weighted by molar-refractivity contribution is 7.85. The van der Waals surface area contributed by atoms with E-state index >= 15 is 4.32 Å². The van der Waals surface area contributed by atoms with Crippen molar-refractivity contribution in [1.29, 1.82) is 0 Å². The number of hydrogen-bond donors (Lipinski definition) is 3. The zero-order chi connectivity index (χ0) is 43.7. The zero-order valence-electron chi connectivity index (χ0n) is 34.9. The molecular weight excluding hydrogens is 780 g/mol. The van der Waals surface area contributed by atoms with Crippen molar-refractivity contribution in [2.45, 2.75) is 104 Å². The molecule has 0 bridgehead atoms. The summed E-state index contributed by atoms with van der Waals surface area (Å²) in [6.07, 6.45) is 8.64. The molecule has 1 aliphatic heterocycles. The average Bonchev–Trinajstić information content (AvgIpc) is 3.69. The molecule has 0 aliphatic carbocycles. The van der Waals surface area contributed by atoms with E-state index in [9.17, 15) is 36.9 Å². The fraction of sp³-hybridized carbons (Fsp3) is 0.500. The van der Waals surface area contributed by atoms with Crippen LogP contribution in [0, 0.1) is 0 Å². The van der Waals surface area contributed by atoms with Gasteiger partial charge in [-0.25, -0.2) is 4.79 Å². The molecule has 0 spiro atoms. The van der Waals surface area contributed by atoms with Crippen molar-refractivity contribution in [3.8, 4) is 11.3 Å². The van der Waals surface area contributed by atoms with Gasteiger partial charge in [-0.2, -0.15) is 8.42 Å². The van der Waals surface area contributed by atoms with Crippen LogP contribution in [0.1, 0.15) is 96.2 Å². The Kier molecular flexibility index (Phi) is 19.4. The number of nitrogens with one attached hydrogen (secondary N) is 2. The first kappa shape index (κ1) is 48.5. The predicted octanol–water partition coefficient (Wildman–Crippen LogP) is 5.71. The lowest BCUT2D eigenvalue weighted by molar-refractivity contribution is -0.197. The van der Waals surface area contributed by atoms with Crippen LogP contribution in [-0.2, 0) is 45.3 Å². The molecule has 59 heavy (non-hydrogen) atoms. The first-order chi connectivity index (χ1) is 27.9. The molecule has 1 aliphatic rings. The Morgan fingerprint density at radius 2 is 1.69 bits per heavy atom. The lowest BCUT2D eigenvalue weighted by Crippen LogP contribution is -2.51. The number of allylic oxidation sites excluding steroid dienone is 4. The summed E-state index contributed by atoms with van der Waals surface area (Å²) in [5, 5.41) is 5.56. The normalized spacial score (nSPS) is 14.1. The van der Waals surface area contributed by atoms with E-state index in [0.717, 1.165) is 52.9 Å². The fourth-order valence-corrected chi connectivity index (χ4v) is 7.18. The number of aryl methyl sites for hydroxylation is 1. The molecule has 4 amide bonds. The number of aromatic nitrogens is 1. The molecule has 14 nitrogen and oxygen atoms in total. The molecule has 0 radical (unpaired) electrons. The average molecular weight is 840 g/mol. The lowest BCUT2D eigenvalue weighted by atomic mass is 9.89. The van der Waals surface area contributed by atoms with Crippen LogP contribution in [0.25, 0.3) is 17.3 Å². The minimum Gasteiger partial charge on any atom is -0.356 e. The van der Waals surface area contributed by atoms with E-state index in [1.807, 2.05) is 68.3 Å². The number of benzene rings is 1. The van der Waals surface area contributed by atoms with Gasteiger partial charge in [0.1, 0.15) is 11.8 Å². The molecule has 1 saturated heterocycles. The number of carbonyl (C=O) groups excluding carboxylic acids is 5. The number of hydroxylamine groups is 2. The molecule has 1 aromatic carbocycles. The van der Waals surface area contributed by atoms with E-state index in [4.69, 9.17) is 4.84 Å². The van der Waals surface area contributed by atoms with Crippen LogP contribution in [0.3, 0.4) is 0 Å². The third-order valence-electron chi connectivity index (χ3n) is 9.89. The first-order valence-electron chi connectivity index (χ1n) is 20.2. The van der Waals surface area contributed by atoms with Crippen molar-refractivity contribution in [1.82, 2.24) is 25.1 Å². The monoisotopic (exact) mass is 839 g/mol. The van der Waals surface area contributed by atoms with Gasteiger partial charge in [-0.15, -0.1) is 5.06 Å². The highest BCUT2D eigenvalue weighted by atomic mass is 32.2. The molecule has 1 fully saturated rings. The van der Waals surface area contributed by atoms with Crippen LogP contribution >= 0.6 is 0 Å². The molecule has 0 saturated carbocycles. The largest absolute Gasteiger partial charge is 0.462 e. The Morgan fingerprint density at radius 3 is 2.32 bits per heavy atom. The molecule has 2 aromatic rings. The van der Waals surface area contributed by atoms with Gasteiger partial charge >= 0.3 is 13.1 Å².